The fraction of sp³-hybridized carbons (Fsp3) is 0.455. The molecule has 0 saturated carbocycles. The van der Waals surface area contributed by atoms with Gasteiger partial charge < -0.3 is 0 Å². The van der Waals surface area contributed by atoms with Crippen LogP contribution >= 0.6 is 0 Å². The van der Waals surface area contributed by atoms with E-state index in [1.807, 2.05) is 0 Å². The average Bonchev–Trinajstić information content (AvgIpc) is 1.85. The highest BCUT2D eigenvalue weighted by Crippen LogP contribution is 2.16. The van der Waals surface area contributed by atoms with Gasteiger partial charge in [-0.1, -0.05) is 26.0 Å². The molecule has 0 aliphatic heterocycles. The largest absolute Gasteiger partial charge is 0.0587 e. The van der Waals surface area contributed by atoms with Gasteiger partial charge in [-0.05, 0) is 42.5 Å². The summed E-state index contributed by atoms with van der Waals surface area (Å²) in [5.41, 5.74) is 3.90. The van der Waals surface area contributed by atoms with Crippen molar-refractivity contribution in [1.82, 2.24) is 0 Å². The van der Waals surface area contributed by atoms with Crippen molar-refractivity contribution in [2.24, 2.45) is 0 Å². The molecule has 11 heavy (non-hydrogen) atoms. The van der Waals surface area contributed by atoms with Gasteiger partial charge in [0.15, 0.2) is 0 Å². The van der Waals surface area contributed by atoms with Gasteiger partial charge in [-0.25, -0.2) is 0 Å². The van der Waals surface area contributed by atoms with E-state index < -0.39 is 0 Å². The van der Waals surface area contributed by atoms with Gasteiger partial charge in [-0.3, -0.25) is 0 Å². The third kappa shape index (κ3) is 2.07. The Labute approximate surface area is 69.3 Å². The predicted octanol–water partition coefficient (Wildman–Crippen LogP) is 3.23. The smallest absolute Gasteiger partial charge is 0.0120 e. The first-order valence-electron chi connectivity index (χ1n) is 4.10. The molecule has 1 aromatic carbocycles. The first-order valence-corrected chi connectivity index (χ1v) is 4.10. The van der Waals surface area contributed by atoms with Crippen LogP contribution in [0.2, 0.25) is 0 Å². The number of rotatable bonds is 1. The molecule has 1 aromatic rings. The number of benzene rings is 1. The van der Waals surface area contributed by atoms with Crippen LogP contribution in [0.1, 0.15) is 36.5 Å². The van der Waals surface area contributed by atoms with Gasteiger partial charge in [0.25, 0.3) is 0 Å². The molecule has 0 N–H and O–H groups in total. The number of aryl methyl sites for hydroxylation is 2. The van der Waals surface area contributed by atoms with Crippen LogP contribution in [0.25, 0.3) is 0 Å². The molecule has 0 unspecified atom stereocenters. The summed E-state index contributed by atoms with van der Waals surface area (Å²) in [6.45, 7) is 8.63. The molecule has 1 rings (SSSR count). The van der Waals surface area contributed by atoms with E-state index in [1.54, 1.807) is 0 Å². The molecule has 0 atom stereocenters. The molecule has 0 aliphatic carbocycles. The Bertz CT molecular complexity index is 226. The number of hydrogen-bond acceptors (Lipinski definition) is 0. The highest BCUT2D eigenvalue weighted by molar-refractivity contribution is 5.29. The zero-order valence-corrected chi connectivity index (χ0v) is 7.73. The van der Waals surface area contributed by atoms with E-state index in [2.05, 4.69) is 45.9 Å². The lowest BCUT2D eigenvalue weighted by Crippen LogP contribution is -1.89. The van der Waals surface area contributed by atoms with Crippen molar-refractivity contribution in [3.05, 3.63) is 34.9 Å². The van der Waals surface area contributed by atoms with E-state index >= 15 is 0 Å². The highest BCUT2D eigenvalue weighted by Gasteiger charge is 1.99. The maximum Gasteiger partial charge on any atom is -0.0120 e. The monoisotopic (exact) mass is 147 g/mol. The molecule has 0 spiro atoms. The van der Waals surface area contributed by atoms with E-state index in [0.717, 1.165) is 0 Å². The molecule has 0 bridgehead atoms. The van der Waals surface area contributed by atoms with Crippen molar-refractivity contribution >= 4 is 0 Å². The Morgan fingerprint density at radius 1 is 1.09 bits per heavy atom. The fourth-order valence-electron chi connectivity index (χ4n) is 1.26. The minimum atomic E-state index is 0.627. The van der Waals surface area contributed by atoms with Gasteiger partial charge in [-0.2, -0.15) is 0 Å². The standard InChI is InChI=1S/C11H15/c1-8(2)11-6-9(3)5-10(4)7-11/h6-8H,1-4H3. The second-order valence-electron chi connectivity index (χ2n) is 3.43. The van der Waals surface area contributed by atoms with Crippen molar-refractivity contribution in [3.63, 3.8) is 0 Å². The molecule has 0 amide bonds. The van der Waals surface area contributed by atoms with E-state index in [4.69, 9.17) is 0 Å². The quantitative estimate of drug-likeness (QED) is 0.572. The van der Waals surface area contributed by atoms with Crippen molar-refractivity contribution < 1.29 is 0 Å². The zero-order valence-electron chi connectivity index (χ0n) is 7.73. The summed E-state index contributed by atoms with van der Waals surface area (Å²) in [5, 5.41) is 0. The summed E-state index contributed by atoms with van der Waals surface area (Å²) in [6.07, 6.45) is 0. The molecule has 0 saturated heterocycles. The molecule has 0 heterocycles. The Morgan fingerprint density at radius 3 is 1.91 bits per heavy atom. The Hall–Kier alpha value is -0.780. The van der Waals surface area contributed by atoms with E-state index in [1.165, 1.54) is 16.7 Å². The van der Waals surface area contributed by atoms with Crippen molar-refractivity contribution in [2.45, 2.75) is 33.6 Å². The minimum absolute atomic E-state index is 0.627. The third-order valence-corrected chi connectivity index (χ3v) is 1.83. The van der Waals surface area contributed by atoms with Crippen LogP contribution in [-0.2, 0) is 0 Å². The summed E-state index contributed by atoms with van der Waals surface area (Å²) in [6, 6.07) is 7.68. The van der Waals surface area contributed by atoms with Crippen LogP contribution < -0.4 is 0 Å². The molecule has 0 aliphatic rings. The normalized spacial score (nSPS) is 10.6. The third-order valence-electron chi connectivity index (χ3n) is 1.83. The Morgan fingerprint density at radius 2 is 1.55 bits per heavy atom. The zero-order chi connectivity index (χ0) is 8.43. The first-order chi connectivity index (χ1) is 5.09. The van der Waals surface area contributed by atoms with Crippen LogP contribution in [0.3, 0.4) is 0 Å². The lowest BCUT2D eigenvalue weighted by atomic mass is 9.99. The Balaban J connectivity index is 3.08. The average molecular weight is 147 g/mol. The second-order valence-corrected chi connectivity index (χ2v) is 3.43. The minimum Gasteiger partial charge on any atom is -0.0587 e. The summed E-state index contributed by atoms with van der Waals surface area (Å²) >= 11 is 0. The molecule has 0 nitrogen and oxygen atoms in total. The van der Waals surface area contributed by atoms with E-state index in [9.17, 15) is 0 Å². The second kappa shape index (κ2) is 3.08. The lowest BCUT2D eigenvalue weighted by molar-refractivity contribution is 0.862. The van der Waals surface area contributed by atoms with Gasteiger partial charge in [0.05, 0.1) is 0 Å². The maximum absolute atomic E-state index is 3.27. The summed E-state index contributed by atoms with van der Waals surface area (Å²) in [7, 11) is 0. The summed E-state index contributed by atoms with van der Waals surface area (Å²) < 4.78 is 0. The van der Waals surface area contributed by atoms with Crippen molar-refractivity contribution in [3.8, 4) is 0 Å². The molecule has 59 valence electrons. The van der Waals surface area contributed by atoms with Crippen LogP contribution in [0.4, 0.5) is 0 Å². The van der Waals surface area contributed by atoms with Gasteiger partial charge in [0, 0.05) is 0 Å². The van der Waals surface area contributed by atoms with Crippen molar-refractivity contribution in [1.29, 1.82) is 0 Å². The predicted molar refractivity (Wildman–Crippen MR) is 48.8 cm³/mol. The Kier molecular flexibility index (Phi) is 2.33. The summed E-state index contributed by atoms with van der Waals surface area (Å²) in [5.74, 6) is 0.627. The van der Waals surface area contributed by atoms with Crippen LogP contribution in [0.5, 0.6) is 0 Å². The molecule has 0 fully saturated rings. The fourth-order valence-corrected chi connectivity index (χ4v) is 1.26. The van der Waals surface area contributed by atoms with E-state index in [-0.39, 0.29) is 0 Å². The van der Waals surface area contributed by atoms with Crippen LogP contribution in [-0.4, -0.2) is 0 Å². The molecule has 0 heteroatoms. The van der Waals surface area contributed by atoms with Gasteiger partial charge >= 0.3 is 0 Å². The molecular weight excluding hydrogens is 132 g/mol. The van der Waals surface area contributed by atoms with Crippen LogP contribution in [0.15, 0.2) is 12.1 Å². The van der Waals surface area contributed by atoms with Crippen molar-refractivity contribution in [2.75, 3.05) is 0 Å². The molecular formula is C11H15. The van der Waals surface area contributed by atoms with Gasteiger partial charge in [-0.15, -0.1) is 0 Å². The van der Waals surface area contributed by atoms with Gasteiger partial charge in [0.1, 0.15) is 0 Å². The first kappa shape index (κ1) is 8.32. The lowest BCUT2D eigenvalue weighted by Gasteiger charge is -2.06. The SMILES string of the molecule is Cc1[c]c(C)cc(C(C)C)c1. The summed E-state index contributed by atoms with van der Waals surface area (Å²) in [4.78, 5) is 0. The van der Waals surface area contributed by atoms with Gasteiger partial charge in [0.2, 0.25) is 0 Å². The maximum atomic E-state index is 3.27. The van der Waals surface area contributed by atoms with E-state index in [0.29, 0.717) is 5.92 Å². The highest BCUT2D eigenvalue weighted by atomic mass is 14.0. The van der Waals surface area contributed by atoms with Crippen LogP contribution in [0, 0.1) is 19.9 Å². The molecule has 0 aromatic heterocycles. The number of hydrogen-bond donors (Lipinski definition) is 0. The topological polar surface area (TPSA) is 0 Å². The molecule has 1 radical (unpaired) electrons.